The minimum absolute atomic E-state index is 0.246. The average Bonchev–Trinajstić information content (AvgIpc) is 2.61. The van der Waals surface area contributed by atoms with Crippen LogP contribution in [-0.2, 0) is 11.3 Å². The smallest absolute Gasteiger partial charge is 0.410 e. The molecule has 0 spiro atoms. The Morgan fingerprint density at radius 2 is 2.27 bits per heavy atom. The molecule has 3 nitrogen and oxygen atoms in total. The lowest BCUT2D eigenvalue weighted by Gasteiger charge is -2.18. The van der Waals surface area contributed by atoms with Crippen molar-refractivity contribution in [1.29, 1.82) is 0 Å². The van der Waals surface area contributed by atoms with Gasteiger partial charge in [0.2, 0.25) is 0 Å². The van der Waals surface area contributed by atoms with Crippen LogP contribution in [0.25, 0.3) is 0 Å². The molecule has 1 aromatic rings. The molecule has 1 aromatic heterocycles. The second-order valence-electron chi connectivity index (χ2n) is 2.92. The fraction of sp³-hybridized carbons (Fsp3) is 0.500. The van der Waals surface area contributed by atoms with Gasteiger partial charge in [-0.15, -0.1) is 11.3 Å². The summed E-state index contributed by atoms with van der Waals surface area (Å²) in [5.74, 6) is 0. The van der Waals surface area contributed by atoms with Gasteiger partial charge in [0.25, 0.3) is 0 Å². The van der Waals surface area contributed by atoms with Gasteiger partial charge >= 0.3 is 6.09 Å². The van der Waals surface area contributed by atoms with Crippen molar-refractivity contribution < 1.29 is 9.53 Å². The van der Waals surface area contributed by atoms with Gasteiger partial charge in [0.15, 0.2) is 0 Å². The first-order valence-corrected chi connectivity index (χ1v) is 6.44. The van der Waals surface area contributed by atoms with Gasteiger partial charge in [-0.1, -0.05) is 0 Å². The van der Waals surface area contributed by atoms with E-state index in [4.69, 9.17) is 4.74 Å². The molecule has 0 saturated carbocycles. The number of rotatable bonds is 4. The molecule has 1 rings (SSSR count). The van der Waals surface area contributed by atoms with E-state index in [1.165, 1.54) is 0 Å². The molecular formula is C10H14BrNO2S. The Morgan fingerprint density at radius 1 is 1.53 bits per heavy atom. The fourth-order valence-corrected chi connectivity index (χ4v) is 2.64. The summed E-state index contributed by atoms with van der Waals surface area (Å²) >= 11 is 5.03. The highest BCUT2D eigenvalue weighted by Gasteiger charge is 2.13. The molecule has 5 heteroatoms. The predicted molar refractivity (Wildman–Crippen MR) is 65.1 cm³/mol. The monoisotopic (exact) mass is 291 g/mol. The van der Waals surface area contributed by atoms with Crippen molar-refractivity contribution in [1.82, 2.24) is 4.90 Å². The van der Waals surface area contributed by atoms with E-state index in [1.54, 1.807) is 16.2 Å². The van der Waals surface area contributed by atoms with Crippen LogP contribution in [0.1, 0.15) is 18.7 Å². The molecule has 1 heterocycles. The summed E-state index contributed by atoms with van der Waals surface area (Å²) in [5, 5.41) is 0. The molecule has 0 N–H and O–H groups in total. The fourth-order valence-electron chi connectivity index (χ4n) is 1.15. The van der Waals surface area contributed by atoms with Crippen molar-refractivity contribution in [2.45, 2.75) is 20.4 Å². The van der Waals surface area contributed by atoms with Crippen molar-refractivity contribution >= 4 is 33.4 Å². The Morgan fingerprint density at radius 3 is 2.73 bits per heavy atom. The number of carbonyl (C=O) groups is 1. The van der Waals surface area contributed by atoms with E-state index in [0.717, 1.165) is 8.66 Å². The van der Waals surface area contributed by atoms with E-state index < -0.39 is 0 Å². The average molecular weight is 292 g/mol. The largest absolute Gasteiger partial charge is 0.450 e. The zero-order valence-corrected chi connectivity index (χ0v) is 11.2. The Labute approximate surface area is 102 Å². The summed E-state index contributed by atoms with van der Waals surface area (Å²) in [6.07, 6.45) is -0.246. The minimum Gasteiger partial charge on any atom is -0.450 e. The molecule has 0 unspecified atom stereocenters. The van der Waals surface area contributed by atoms with Crippen LogP contribution >= 0.6 is 27.3 Å². The highest BCUT2D eigenvalue weighted by molar-refractivity contribution is 9.11. The van der Waals surface area contributed by atoms with Crippen molar-refractivity contribution in [2.75, 3.05) is 13.2 Å². The van der Waals surface area contributed by atoms with Crippen LogP contribution in [0.15, 0.2) is 15.9 Å². The molecule has 0 aromatic carbocycles. The standard InChI is InChI=1S/C10H14BrNO2S/c1-3-12(10(13)14-4-2)7-8-5-6-9(11)15-8/h5-6H,3-4,7H2,1-2H3. The second kappa shape index (κ2) is 6.12. The SMILES string of the molecule is CCOC(=O)N(CC)Cc1ccc(Br)s1. The van der Waals surface area contributed by atoms with Crippen LogP contribution in [0, 0.1) is 0 Å². The highest BCUT2D eigenvalue weighted by atomic mass is 79.9. The first-order chi connectivity index (χ1) is 7.17. The van der Waals surface area contributed by atoms with Crippen molar-refractivity contribution in [3.63, 3.8) is 0 Å². The molecule has 0 aliphatic carbocycles. The third kappa shape index (κ3) is 3.83. The van der Waals surface area contributed by atoms with Crippen LogP contribution in [0.4, 0.5) is 4.79 Å². The zero-order valence-electron chi connectivity index (χ0n) is 8.83. The number of ether oxygens (including phenoxy) is 1. The number of amides is 1. The minimum atomic E-state index is -0.246. The van der Waals surface area contributed by atoms with E-state index in [1.807, 2.05) is 26.0 Å². The van der Waals surface area contributed by atoms with Gasteiger partial charge in [0.1, 0.15) is 0 Å². The maximum Gasteiger partial charge on any atom is 0.410 e. The summed E-state index contributed by atoms with van der Waals surface area (Å²) < 4.78 is 6.03. The van der Waals surface area contributed by atoms with Gasteiger partial charge in [-0.2, -0.15) is 0 Å². The number of carbonyl (C=O) groups excluding carboxylic acids is 1. The Balaban J connectivity index is 2.57. The number of thiophene rings is 1. The summed E-state index contributed by atoms with van der Waals surface area (Å²) in [6.45, 7) is 5.45. The van der Waals surface area contributed by atoms with E-state index in [-0.39, 0.29) is 6.09 Å². The van der Waals surface area contributed by atoms with Gasteiger partial charge in [0, 0.05) is 11.4 Å². The lowest BCUT2D eigenvalue weighted by atomic mass is 10.4. The Kier molecular flexibility index (Phi) is 5.11. The lowest BCUT2D eigenvalue weighted by Crippen LogP contribution is -2.30. The number of hydrogen-bond acceptors (Lipinski definition) is 3. The Bertz CT molecular complexity index is 327. The first kappa shape index (κ1) is 12.5. The molecule has 1 amide bonds. The molecule has 15 heavy (non-hydrogen) atoms. The van der Waals surface area contributed by atoms with Crippen LogP contribution in [0.2, 0.25) is 0 Å². The molecule has 0 radical (unpaired) electrons. The summed E-state index contributed by atoms with van der Waals surface area (Å²) in [6, 6.07) is 4.00. The van der Waals surface area contributed by atoms with Gasteiger partial charge in [-0.3, -0.25) is 0 Å². The van der Waals surface area contributed by atoms with E-state index >= 15 is 0 Å². The topological polar surface area (TPSA) is 29.5 Å². The molecular weight excluding hydrogens is 278 g/mol. The normalized spacial score (nSPS) is 10.1. The molecule has 0 atom stereocenters. The predicted octanol–water partition coefficient (Wildman–Crippen LogP) is 3.49. The maximum absolute atomic E-state index is 11.5. The van der Waals surface area contributed by atoms with Crippen LogP contribution in [0.3, 0.4) is 0 Å². The van der Waals surface area contributed by atoms with Crippen LogP contribution in [0.5, 0.6) is 0 Å². The van der Waals surface area contributed by atoms with Crippen molar-refractivity contribution in [2.24, 2.45) is 0 Å². The van der Waals surface area contributed by atoms with Gasteiger partial charge in [0.05, 0.1) is 16.9 Å². The first-order valence-electron chi connectivity index (χ1n) is 4.83. The van der Waals surface area contributed by atoms with Crippen LogP contribution < -0.4 is 0 Å². The quantitative estimate of drug-likeness (QED) is 0.850. The zero-order chi connectivity index (χ0) is 11.3. The summed E-state index contributed by atoms with van der Waals surface area (Å²) in [4.78, 5) is 14.3. The van der Waals surface area contributed by atoms with Crippen molar-refractivity contribution in [3.8, 4) is 0 Å². The maximum atomic E-state index is 11.5. The molecule has 0 bridgehead atoms. The van der Waals surface area contributed by atoms with E-state index in [0.29, 0.717) is 19.7 Å². The van der Waals surface area contributed by atoms with Gasteiger partial charge < -0.3 is 9.64 Å². The lowest BCUT2D eigenvalue weighted by molar-refractivity contribution is 0.107. The summed E-state index contributed by atoms with van der Waals surface area (Å²) in [7, 11) is 0. The van der Waals surface area contributed by atoms with Crippen LogP contribution in [-0.4, -0.2) is 24.1 Å². The van der Waals surface area contributed by atoms with E-state index in [9.17, 15) is 4.79 Å². The number of halogens is 1. The van der Waals surface area contributed by atoms with Gasteiger partial charge in [-0.05, 0) is 41.9 Å². The molecule has 0 aliphatic rings. The number of nitrogens with zero attached hydrogens (tertiary/aromatic N) is 1. The molecule has 84 valence electrons. The molecule has 0 aliphatic heterocycles. The third-order valence-corrected chi connectivity index (χ3v) is 3.49. The second-order valence-corrected chi connectivity index (χ2v) is 5.47. The third-order valence-electron chi connectivity index (χ3n) is 1.88. The summed E-state index contributed by atoms with van der Waals surface area (Å²) in [5.41, 5.74) is 0. The Hall–Kier alpha value is -0.550. The highest BCUT2D eigenvalue weighted by Crippen LogP contribution is 2.23. The van der Waals surface area contributed by atoms with Gasteiger partial charge in [-0.25, -0.2) is 4.79 Å². The van der Waals surface area contributed by atoms with E-state index in [2.05, 4.69) is 15.9 Å². The molecule has 0 saturated heterocycles. The van der Waals surface area contributed by atoms with Crippen molar-refractivity contribution in [3.05, 3.63) is 20.8 Å². The number of hydrogen-bond donors (Lipinski definition) is 0. The molecule has 0 fully saturated rings.